The first-order valence-electron chi connectivity index (χ1n) is 1.88. The average molecular weight is 243 g/mol. The van der Waals surface area contributed by atoms with Gasteiger partial charge >= 0.3 is 22.8 Å². The Labute approximate surface area is 80.7 Å². The van der Waals surface area contributed by atoms with E-state index in [4.69, 9.17) is 35.4 Å². The van der Waals surface area contributed by atoms with Gasteiger partial charge in [-0.25, -0.2) is 4.79 Å². The van der Waals surface area contributed by atoms with Gasteiger partial charge in [0, 0.05) is 0 Å². The number of hydrogen-bond acceptors (Lipinski definition) is 7. The third kappa shape index (κ3) is 205. The van der Waals surface area contributed by atoms with Crippen molar-refractivity contribution in [2.45, 2.75) is 0 Å². The van der Waals surface area contributed by atoms with Crippen LogP contribution in [0.15, 0.2) is 0 Å². The molecule has 0 saturated carbocycles. The monoisotopic (exact) mass is 243 g/mol. The van der Waals surface area contributed by atoms with E-state index in [-0.39, 0.29) is 16.8 Å². The van der Waals surface area contributed by atoms with Crippen LogP contribution in [0.1, 0.15) is 0 Å². The number of carbonyl (C=O) groups excluding carboxylic acids is 1. The van der Waals surface area contributed by atoms with E-state index in [1.54, 1.807) is 0 Å². The molecule has 0 spiro atoms. The van der Waals surface area contributed by atoms with E-state index in [1.807, 2.05) is 0 Å². The summed E-state index contributed by atoms with van der Waals surface area (Å²) in [6.07, 6.45) is 0. The van der Waals surface area contributed by atoms with Gasteiger partial charge in [-0.2, -0.15) is 0 Å². The van der Waals surface area contributed by atoms with Crippen LogP contribution in [0.25, 0.3) is 0 Å². The maximum absolute atomic E-state index is 9.00. The molecule has 0 rings (SSSR count). The second-order valence-corrected chi connectivity index (χ2v) is 0.850. The maximum Gasteiger partial charge on any atom is 2.00 e. The maximum atomic E-state index is 9.00. The van der Waals surface area contributed by atoms with Gasteiger partial charge in [-0.05, 0) is 0 Å². The summed E-state index contributed by atoms with van der Waals surface area (Å²) < 4.78 is 0. The molecule has 0 atom stereocenters. The van der Waals surface area contributed by atoms with Gasteiger partial charge in [0.2, 0.25) is 0 Å². The molecule has 0 saturated heterocycles. The van der Waals surface area contributed by atoms with E-state index < -0.39 is 16.2 Å². The van der Waals surface area contributed by atoms with Crippen LogP contribution in [-0.4, -0.2) is 16.2 Å². The molecular formula is CH4CoN4O7. The van der Waals surface area contributed by atoms with Gasteiger partial charge in [-0.15, -0.1) is 0 Å². The molecule has 0 aromatic heterocycles. The van der Waals surface area contributed by atoms with E-state index in [0.29, 0.717) is 0 Å². The second-order valence-electron chi connectivity index (χ2n) is 0.850. The molecule has 0 fully saturated rings. The second kappa shape index (κ2) is 16.6. The van der Waals surface area contributed by atoms with Crippen LogP contribution in [0.4, 0.5) is 4.79 Å². The Balaban J connectivity index is -0.0000000450. The molecule has 1 radical (unpaired) electrons. The number of hydrogen-bond donors (Lipinski definition) is 2. The summed E-state index contributed by atoms with van der Waals surface area (Å²) in [5.41, 5.74) is 8.50. The SMILES string of the molecule is NC(N)=O.O=[N+]([O-])[O-].O=[N+]([O-])[O-].[Co+2]. The Kier molecular flexibility index (Phi) is 28.8. The molecule has 0 aromatic carbocycles. The normalized spacial score (nSPS) is 5.54. The molecular weight excluding hydrogens is 239 g/mol. The van der Waals surface area contributed by atoms with Crippen LogP contribution in [0.3, 0.4) is 0 Å². The Morgan fingerprint density at radius 2 is 0.923 bits per heavy atom. The Hall–Kier alpha value is -1.82. The van der Waals surface area contributed by atoms with Crippen molar-refractivity contribution in [3.8, 4) is 0 Å². The summed E-state index contributed by atoms with van der Waals surface area (Å²) >= 11 is 0. The van der Waals surface area contributed by atoms with Crippen molar-refractivity contribution in [1.29, 1.82) is 0 Å². The van der Waals surface area contributed by atoms with Crippen molar-refractivity contribution in [1.82, 2.24) is 0 Å². The van der Waals surface area contributed by atoms with Crippen LogP contribution in [0.5, 0.6) is 0 Å². The van der Waals surface area contributed by atoms with E-state index >= 15 is 0 Å². The number of urea groups is 1. The van der Waals surface area contributed by atoms with E-state index in [0.717, 1.165) is 0 Å². The molecule has 12 heteroatoms. The molecule has 0 bridgehead atoms. The quantitative estimate of drug-likeness (QED) is 0.381. The number of primary amides is 2. The van der Waals surface area contributed by atoms with Gasteiger partial charge in [0.1, 0.15) is 0 Å². The summed E-state index contributed by atoms with van der Waals surface area (Å²) in [5, 5.41) is 29.5. The molecule has 0 heterocycles. The van der Waals surface area contributed by atoms with Crippen molar-refractivity contribution in [3.05, 3.63) is 30.6 Å². The van der Waals surface area contributed by atoms with Gasteiger partial charge < -0.3 is 42.1 Å². The molecule has 2 amide bonds. The zero-order valence-electron chi connectivity index (χ0n) is 5.74. The van der Waals surface area contributed by atoms with E-state index in [9.17, 15) is 0 Å². The largest absolute Gasteiger partial charge is 2.00 e. The molecule has 0 aliphatic rings. The van der Waals surface area contributed by atoms with Crippen molar-refractivity contribution in [3.63, 3.8) is 0 Å². The molecule has 79 valence electrons. The predicted octanol–water partition coefficient (Wildman–Crippen LogP) is -1.46. The van der Waals surface area contributed by atoms with Gasteiger partial charge in [0.05, 0.1) is 10.2 Å². The zero-order valence-corrected chi connectivity index (χ0v) is 6.78. The summed E-state index contributed by atoms with van der Waals surface area (Å²) in [7, 11) is 0. The summed E-state index contributed by atoms with van der Waals surface area (Å²) in [6.45, 7) is 0. The van der Waals surface area contributed by atoms with Gasteiger partial charge in [-0.1, -0.05) is 0 Å². The molecule has 13 heavy (non-hydrogen) atoms. The zero-order chi connectivity index (χ0) is 10.7. The van der Waals surface area contributed by atoms with Crippen molar-refractivity contribution < 1.29 is 31.7 Å². The fraction of sp³-hybridized carbons (Fsp3) is 0. The summed E-state index contributed by atoms with van der Waals surface area (Å²) in [6, 6.07) is -0.833. The fourth-order valence-corrected chi connectivity index (χ4v) is 0. The minimum absolute atomic E-state index is 0. The average Bonchev–Trinajstić information content (AvgIpc) is 1.54. The van der Waals surface area contributed by atoms with Gasteiger partial charge in [0.25, 0.3) is 0 Å². The molecule has 0 aliphatic carbocycles. The number of amides is 2. The molecule has 0 aliphatic heterocycles. The smallest absolute Gasteiger partial charge is 0.356 e. The minimum atomic E-state index is -1.75. The minimum Gasteiger partial charge on any atom is -0.356 e. The third-order valence-corrected chi connectivity index (χ3v) is 0. The van der Waals surface area contributed by atoms with Crippen molar-refractivity contribution in [2.24, 2.45) is 11.5 Å². The number of rotatable bonds is 0. The summed E-state index contributed by atoms with van der Waals surface area (Å²) in [5.74, 6) is 0. The summed E-state index contributed by atoms with van der Waals surface area (Å²) in [4.78, 5) is 25.5. The van der Waals surface area contributed by atoms with Crippen LogP contribution in [0.2, 0.25) is 0 Å². The first-order valence-corrected chi connectivity index (χ1v) is 1.88. The predicted molar refractivity (Wildman–Crippen MR) is 34.5 cm³/mol. The Bertz CT molecular complexity index is 118. The third-order valence-electron chi connectivity index (χ3n) is 0. The van der Waals surface area contributed by atoms with Crippen molar-refractivity contribution >= 4 is 6.03 Å². The molecule has 0 aromatic rings. The topological polar surface area (TPSA) is 202 Å². The number of nitrogens with zero attached hydrogens (tertiary/aromatic N) is 2. The first kappa shape index (κ1) is 22.5. The molecule has 0 unspecified atom stereocenters. The van der Waals surface area contributed by atoms with Crippen molar-refractivity contribution in [2.75, 3.05) is 0 Å². The van der Waals surface area contributed by atoms with E-state index in [2.05, 4.69) is 11.5 Å². The Morgan fingerprint density at radius 1 is 0.923 bits per heavy atom. The van der Waals surface area contributed by atoms with Crippen LogP contribution >= 0.6 is 0 Å². The Morgan fingerprint density at radius 3 is 0.923 bits per heavy atom. The molecule has 4 N–H and O–H groups in total. The molecule has 11 nitrogen and oxygen atoms in total. The fourth-order valence-electron chi connectivity index (χ4n) is 0. The van der Waals surface area contributed by atoms with Crippen LogP contribution in [0, 0.1) is 30.6 Å². The standard InChI is InChI=1S/CH4N2O.Co.2NO3/c2-1(3)4;;2*2-1(3)4/h(H4,2,3,4);;;/q;+2;2*-1. The van der Waals surface area contributed by atoms with E-state index in [1.165, 1.54) is 0 Å². The van der Waals surface area contributed by atoms with Crippen LogP contribution in [-0.2, 0) is 16.8 Å². The van der Waals surface area contributed by atoms with Crippen LogP contribution < -0.4 is 11.5 Å². The van der Waals surface area contributed by atoms with Gasteiger partial charge in [-0.3, -0.25) is 0 Å². The first-order chi connectivity index (χ1) is 5.20. The van der Waals surface area contributed by atoms with Gasteiger partial charge in [0.15, 0.2) is 0 Å². The number of nitrogens with two attached hydrogens (primary N) is 2. The number of carbonyl (C=O) groups is 1.